The van der Waals surface area contributed by atoms with Crippen LogP contribution in [0.25, 0.3) is 0 Å². The molecule has 1 atom stereocenters. The number of carbonyl (C=O) groups is 1. The van der Waals surface area contributed by atoms with E-state index in [4.69, 9.17) is 0 Å². The SMILES string of the molecule is O=C(C1CC=CCC1)N1CCN(Cc2ccccn2)CC1. The van der Waals surface area contributed by atoms with Crippen LogP contribution >= 0.6 is 0 Å². The lowest BCUT2D eigenvalue weighted by Crippen LogP contribution is -2.50. The summed E-state index contributed by atoms with van der Waals surface area (Å²) in [5, 5.41) is 0. The van der Waals surface area contributed by atoms with Crippen molar-refractivity contribution in [1.82, 2.24) is 14.8 Å². The van der Waals surface area contributed by atoms with Gasteiger partial charge in [-0.15, -0.1) is 0 Å². The van der Waals surface area contributed by atoms with Gasteiger partial charge in [-0.1, -0.05) is 18.2 Å². The number of pyridine rings is 1. The smallest absolute Gasteiger partial charge is 0.226 e. The number of aromatic nitrogens is 1. The molecular weight excluding hydrogens is 262 g/mol. The molecule has 1 aromatic rings. The summed E-state index contributed by atoms with van der Waals surface area (Å²) in [6.07, 6.45) is 9.18. The van der Waals surface area contributed by atoms with Crippen LogP contribution in [0.2, 0.25) is 0 Å². The van der Waals surface area contributed by atoms with E-state index in [2.05, 4.69) is 33.0 Å². The van der Waals surface area contributed by atoms with Crippen LogP contribution in [0.1, 0.15) is 25.0 Å². The summed E-state index contributed by atoms with van der Waals surface area (Å²) in [4.78, 5) is 21.3. The van der Waals surface area contributed by atoms with E-state index in [9.17, 15) is 4.79 Å². The van der Waals surface area contributed by atoms with Gasteiger partial charge in [0.15, 0.2) is 0 Å². The molecule has 4 heteroatoms. The molecule has 0 aromatic carbocycles. The van der Waals surface area contributed by atoms with Gasteiger partial charge in [-0.05, 0) is 31.4 Å². The minimum absolute atomic E-state index is 0.220. The van der Waals surface area contributed by atoms with Gasteiger partial charge in [0.25, 0.3) is 0 Å². The first-order valence-electron chi connectivity index (χ1n) is 7.89. The Labute approximate surface area is 126 Å². The van der Waals surface area contributed by atoms with Crippen LogP contribution in [0.3, 0.4) is 0 Å². The molecule has 1 amide bonds. The van der Waals surface area contributed by atoms with Crippen molar-refractivity contribution in [3.8, 4) is 0 Å². The second-order valence-electron chi connectivity index (χ2n) is 5.90. The van der Waals surface area contributed by atoms with Gasteiger partial charge in [-0.3, -0.25) is 14.7 Å². The van der Waals surface area contributed by atoms with Crippen molar-refractivity contribution in [3.05, 3.63) is 42.2 Å². The fraction of sp³-hybridized carbons (Fsp3) is 0.529. The fourth-order valence-corrected chi connectivity index (χ4v) is 3.12. The molecule has 112 valence electrons. The Kier molecular flexibility index (Phi) is 4.65. The monoisotopic (exact) mass is 285 g/mol. The largest absolute Gasteiger partial charge is 0.340 e. The minimum Gasteiger partial charge on any atom is -0.340 e. The number of rotatable bonds is 3. The maximum atomic E-state index is 12.5. The zero-order valence-corrected chi connectivity index (χ0v) is 12.4. The van der Waals surface area contributed by atoms with Crippen LogP contribution in [0.4, 0.5) is 0 Å². The number of allylic oxidation sites excluding steroid dienone is 2. The third-order valence-electron chi connectivity index (χ3n) is 4.41. The predicted octanol–water partition coefficient (Wildman–Crippen LogP) is 2.08. The molecule has 1 aliphatic heterocycles. The van der Waals surface area contributed by atoms with Gasteiger partial charge in [-0.25, -0.2) is 0 Å². The zero-order valence-electron chi connectivity index (χ0n) is 12.4. The van der Waals surface area contributed by atoms with Gasteiger partial charge in [0.2, 0.25) is 5.91 Å². The molecule has 1 aliphatic carbocycles. The van der Waals surface area contributed by atoms with Gasteiger partial charge in [0.05, 0.1) is 5.69 Å². The molecule has 2 heterocycles. The van der Waals surface area contributed by atoms with Crippen LogP contribution in [-0.4, -0.2) is 46.9 Å². The van der Waals surface area contributed by atoms with Gasteiger partial charge >= 0.3 is 0 Å². The molecule has 0 radical (unpaired) electrons. The van der Waals surface area contributed by atoms with Crippen molar-refractivity contribution < 1.29 is 4.79 Å². The highest BCUT2D eigenvalue weighted by atomic mass is 16.2. The van der Waals surface area contributed by atoms with E-state index in [0.717, 1.165) is 57.7 Å². The molecular formula is C17H23N3O. The summed E-state index contributed by atoms with van der Waals surface area (Å²) in [6.45, 7) is 4.49. The third-order valence-corrected chi connectivity index (χ3v) is 4.41. The normalized spacial score (nSPS) is 23.2. The zero-order chi connectivity index (χ0) is 14.5. The molecule has 4 nitrogen and oxygen atoms in total. The van der Waals surface area contributed by atoms with Crippen molar-refractivity contribution in [2.75, 3.05) is 26.2 Å². The molecule has 1 fully saturated rings. The first kappa shape index (κ1) is 14.3. The Morgan fingerprint density at radius 3 is 2.71 bits per heavy atom. The van der Waals surface area contributed by atoms with Crippen LogP contribution in [0, 0.1) is 5.92 Å². The summed E-state index contributed by atoms with van der Waals surface area (Å²) in [5.41, 5.74) is 1.11. The lowest BCUT2D eigenvalue weighted by molar-refractivity contribution is -0.137. The number of nitrogens with zero attached hydrogens (tertiary/aromatic N) is 3. The van der Waals surface area contributed by atoms with Crippen LogP contribution < -0.4 is 0 Å². The highest BCUT2D eigenvalue weighted by Crippen LogP contribution is 2.21. The summed E-state index contributed by atoms with van der Waals surface area (Å²) in [7, 11) is 0. The van der Waals surface area contributed by atoms with Crippen molar-refractivity contribution in [1.29, 1.82) is 0 Å². The Bertz CT molecular complexity index is 492. The number of hydrogen-bond acceptors (Lipinski definition) is 3. The Balaban J connectivity index is 1.48. The molecule has 3 rings (SSSR count). The quantitative estimate of drug-likeness (QED) is 0.798. The van der Waals surface area contributed by atoms with Crippen molar-refractivity contribution >= 4 is 5.91 Å². The second-order valence-corrected chi connectivity index (χ2v) is 5.90. The number of piperazine rings is 1. The Hall–Kier alpha value is -1.68. The van der Waals surface area contributed by atoms with Gasteiger partial charge < -0.3 is 4.90 Å². The maximum Gasteiger partial charge on any atom is 0.226 e. The minimum atomic E-state index is 0.220. The lowest BCUT2D eigenvalue weighted by atomic mass is 9.93. The molecule has 2 aliphatic rings. The molecule has 1 unspecified atom stereocenters. The molecule has 1 aromatic heterocycles. The van der Waals surface area contributed by atoms with Crippen LogP contribution in [-0.2, 0) is 11.3 Å². The molecule has 0 bridgehead atoms. The summed E-state index contributed by atoms with van der Waals surface area (Å²) in [5.74, 6) is 0.578. The lowest BCUT2D eigenvalue weighted by Gasteiger charge is -2.36. The predicted molar refractivity (Wildman–Crippen MR) is 82.6 cm³/mol. The van der Waals surface area contributed by atoms with Gasteiger partial charge in [-0.2, -0.15) is 0 Å². The van der Waals surface area contributed by atoms with Crippen molar-refractivity contribution in [2.45, 2.75) is 25.8 Å². The summed E-state index contributed by atoms with van der Waals surface area (Å²) >= 11 is 0. The van der Waals surface area contributed by atoms with E-state index in [-0.39, 0.29) is 5.92 Å². The van der Waals surface area contributed by atoms with Crippen LogP contribution in [0.15, 0.2) is 36.5 Å². The highest BCUT2D eigenvalue weighted by molar-refractivity contribution is 5.79. The summed E-state index contributed by atoms with van der Waals surface area (Å²) < 4.78 is 0. The van der Waals surface area contributed by atoms with Crippen molar-refractivity contribution in [2.24, 2.45) is 5.92 Å². The third kappa shape index (κ3) is 3.70. The fourth-order valence-electron chi connectivity index (χ4n) is 3.12. The molecule has 0 N–H and O–H groups in total. The Morgan fingerprint density at radius 1 is 1.19 bits per heavy atom. The summed E-state index contributed by atoms with van der Waals surface area (Å²) in [6, 6.07) is 6.03. The molecule has 1 saturated heterocycles. The first-order chi connectivity index (χ1) is 10.3. The van der Waals surface area contributed by atoms with E-state index in [1.807, 2.05) is 18.3 Å². The van der Waals surface area contributed by atoms with E-state index < -0.39 is 0 Å². The van der Waals surface area contributed by atoms with E-state index in [1.54, 1.807) is 0 Å². The number of carbonyl (C=O) groups excluding carboxylic acids is 1. The van der Waals surface area contributed by atoms with E-state index >= 15 is 0 Å². The second kappa shape index (κ2) is 6.85. The number of amides is 1. The van der Waals surface area contributed by atoms with Crippen molar-refractivity contribution in [3.63, 3.8) is 0 Å². The average molecular weight is 285 g/mol. The first-order valence-corrected chi connectivity index (χ1v) is 7.89. The molecule has 0 saturated carbocycles. The van der Waals surface area contributed by atoms with Gasteiger partial charge in [0, 0.05) is 44.8 Å². The average Bonchev–Trinajstić information content (AvgIpc) is 2.57. The molecule has 0 spiro atoms. The van der Waals surface area contributed by atoms with Crippen LogP contribution in [0.5, 0.6) is 0 Å². The molecule has 21 heavy (non-hydrogen) atoms. The van der Waals surface area contributed by atoms with E-state index in [0.29, 0.717) is 5.91 Å². The standard InChI is InChI=1S/C17H23N3O/c21-17(15-6-2-1-3-7-15)20-12-10-19(11-13-20)14-16-8-4-5-9-18-16/h1-2,4-5,8-9,15H,3,6-7,10-14H2. The highest BCUT2D eigenvalue weighted by Gasteiger charge is 2.27. The number of hydrogen-bond donors (Lipinski definition) is 0. The Morgan fingerprint density at radius 2 is 2.05 bits per heavy atom. The van der Waals surface area contributed by atoms with Gasteiger partial charge in [0.1, 0.15) is 0 Å². The maximum absolute atomic E-state index is 12.5. The topological polar surface area (TPSA) is 36.4 Å². The van der Waals surface area contributed by atoms with E-state index in [1.165, 1.54) is 0 Å².